The van der Waals surface area contributed by atoms with E-state index in [1.165, 1.54) is 5.56 Å². The second kappa shape index (κ2) is 8.39. The summed E-state index contributed by atoms with van der Waals surface area (Å²) in [5, 5.41) is 23.5. The Morgan fingerprint density at radius 3 is 2.75 bits per heavy atom. The Morgan fingerprint density at radius 2 is 1.94 bits per heavy atom. The summed E-state index contributed by atoms with van der Waals surface area (Å²) in [5.41, 5.74) is 12.9. The predicted molar refractivity (Wildman–Crippen MR) is 127 cm³/mol. The third-order valence-electron chi connectivity index (χ3n) is 6.17. The fraction of sp³-hybridized carbons (Fsp3) is 0.250. The van der Waals surface area contributed by atoms with Gasteiger partial charge in [-0.05, 0) is 54.9 Å². The van der Waals surface area contributed by atoms with Crippen LogP contribution in [0.4, 0.5) is 5.82 Å². The molecular weight excluding hydrogens is 401 g/mol. The number of benzene rings is 2. The molecule has 8 heteroatoms. The number of nitrogens with zero attached hydrogens (tertiary/aromatic N) is 3. The van der Waals surface area contributed by atoms with E-state index in [0.717, 1.165) is 58.5 Å². The van der Waals surface area contributed by atoms with Gasteiger partial charge in [0.2, 0.25) is 5.95 Å². The second-order valence-corrected chi connectivity index (χ2v) is 8.30. The van der Waals surface area contributed by atoms with Crippen molar-refractivity contribution in [1.29, 1.82) is 0 Å². The number of anilines is 1. The number of nitrogens with one attached hydrogen (secondary N) is 1. The van der Waals surface area contributed by atoms with Crippen molar-refractivity contribution in [2.24, 2.45) is 5.73 Å². The fourth-order valence-electron chi connectivity index (χ4n) is 4.58. The van der Waals surface area contributed by atoms with Gasteiger partial charge in [0.25, 0.3) is 0 Å². The van der Waals surface area contributed by atoms with Crippen molar-refractivity contribution in [2.75, 3.05) is 5.32 Å². The summed E-state index contributed by atoms with van der Waals surface area (Å²) in [6, 6.07) is 15.6. The quantitative estimate of drug-likeness (QED) is 0.351. The van der Waals surface area contributed by atoms with E-state index >= 15 is 0 Å². The van der Waals surface area contributed by atoms with Gasteiger partial charge in [-0.2, -0.15) is 4.98 Å². The molecule has 0 saturated carbocycles. The first kappa shape index (κ1) is 20.7. The van der Waals surface area contributed by atoms with Crippen molar-refractivity contribution in [2.45, 2.75) is 39.3 Å². The van der Waals surface area contributed by atoms with E-state index in [9.17, 15) is 10.0 Å². The van der Waals surface area contributed by atoms with Crippen LogP contribution in [0.15, 0.2) is 48.5 Å². The lowest BCUT2D eigenvalue weighted by Gasteiger charge is -2.15. The molecule has 0 radical (unpaired) electrons. The number of nitrogens with two attached hydrogens (primary N) is 1. The van der Waals surface area contributed by atoms with E-state index < -0.39 is 7.12 Å². The van der Waals surface area contributed by atoms with Crippen molar-refractivity contribution in [3.63, 3.8) is 0 Å². The molecule has 0 atom stereocenters. The molecule has 32 heavy (non-hydrogen) atoms. The minimum absolute atomic E-state index is 0.475. The van der Waals surface area contributed by atoms with E-state index in [1.54, 1.807) is 12.1 Å². The Morgan fingerprint density at radius 1 is 1.09 bits per heavy atom. The zero-order chi connectivity index (χ0) is 22.2. The third kappa shape index (κ3) is 3.66. The SMILES string of the molecule is Cc1cc2c(CN)cccc2n1-c1nc2c(c(NCc3cccc(B(O)O)c3)n1)CCC2. The Kier molecular flexibility index (Phi) is 5.42. The summed E-state index contributed by atoms with van der Waals surface area (Å²) in [4.78, 5) is 9.87. The number of fused-ring (bicyclic) bond motifs is 2. The van der Waals surface area contributed by atoms with Crippen LogP contribution >= 0.6 is 0 Å². The van der Waals surface area contributed by atoms with E-state index in [4.69, 9.17) is 15.7 Å². The van der Waals surface area contributed by atoms with Gasteiger partial charge in [-0.3, -0.25) is 4.57 Å². The molecular formula is C24H26BN5O2. The number of hydrogen-bond donors (Lipinski definition) is 4. The van der Waals surface area contributed by atoms with Gasteiger partial charge in [0, 0.05) is 29.7 Å². The standard InChI is InChI=1S/C24H26BN5O2/c1-15-11-20-17(13-26)6-3-10-22(20)30(15)24-28-21-9-4-8-19(21)23(29-24)27-14-16-5-2-7-18(12-16)25(31)32/h2-3,5-7,10-12,31-32H,4,8-9,13-14,26H2,1H3,(H,27,28,29). The first-order chi connectivity index (χ1) is 15.5. The van der Waals surface area contributed by atoms with Crippen molar-refractivity contribution in [3.8, 4) is 5.95 Å². The maximum atomic E-state index is 9.46. The molecule has 1 aliphatic rings. The summed E-state index contributed by atoms with van der Waals surface area (Å²) < 4.78 is 2.10. The van der Waals surface area contributed by atoms with Crippen LogP contribution in [0, 0.1) is 6.92 Å². The van der Waals surface area contributed by atoms with Gasteiger partial charge in [0.15, 0.2) is 0 Å². The van der Waals surface area contributed by atoms with Crippen LogP contribution in [0.3, 0.4) is 0 Å². The smallest absolute Gasteiger partial charge is 0.423 e. The van der Waals surface area contributed by atoms with Gasteiger partial charge in [-0.15, -0.1) is 0 Å². The Labute approximate surface area is 187 Å². The van der Waals surface area contributed by atoms with Crippen LogP contribution in [-0.2, 0) is 25.9 Å². The molecule has 5 N–H and O–H groups in total. The molecule has 0 bridgehead atoms. The van der Waals surface area contributed by atoms with Gasteiger partial charge in [-0.1, -0.05) is 36.4 Å². The van der Waals surface area contributed by atoms with Crippen LogP contribution < -0.4 is 16.5 Å². The summed E-state index contributed by atoms with van der Waals surface area (Å²) in [6.45, 7) is 3.09. The fourth-order valence-corrected chi connectivity index (χ4v) is 4.58. The van der Waals surface area contributed by atoms with Gasteiger partial charge < -0.3 is 21.1 Å². The summed E-state index contributed by atoms with van der Waals surface area (Å²) >= 11 is 0. The molecule has 0 unspecified atom stereocenters. The van der Waals surface area contributed by atoms with Crippen LogP contribution in [-0.4, -0.2) is 31.7 Å². The average Bonchev–Trinajstić information content (AvgIpc) is 3.40. The molecule has 4 aromatic rings. The molecule has 1 aliphatic carbocycles. The first-order valence-electron chi connectivity index (χ1n) is 10.9. The predicted octanol–water partition coefficient (Wildman–Crippen LogP) is 1.97. The minimum atomic E-state index is -1.48. The topological polar surface area (TPSA) is 109 Å². The second-order valence-electron chi connectivity index (χ2n) is 8.30. The minimum Gasteiger partial charge on any atom is -0.423 e. The average molecular weight is 427 g/mol. The van der Waals surface area contributed by atoms with E-state index in [-0.39, 0.29) is 0 Å². The van der Waals surface area contributed by atoms with Gasteiger partial charge in [0.05, 0.1) is 11.2 Å². The lowest BCUT2D eigenvalue weighted by Crippen LogP contribution is -2.30. The van der Waals surface area contributed by atoms with Crippen molar-refractivity contribution in [3.05, 3.63) is 76.6 Å². The number of aromatic nitrogens is 3. The van der Waals surface area contributed by atoms with Crippen molar-refractivity contribution >= 4 is 29.3 Å². The van der Waals surface area contributed by atoms with E-state index in [0.29, 0.717) is 24.5 Å². The van der Waals surface area contributed by atoms with E-state index in [1.807, 2.05) is 18.2 Å². The number of aryl methyl sites for hydroxylation is 2. The summed E-state index contributed by atoms with van der Waals surface area (Å²) in [7, 11) is -1.48. The third-order valence-corrected chi connectivity index (χ3v) is 6.17. The number of rotatable bonds is 6. The highest BCUT2D eigenvalue weighted by Gasteiger charge is 2.22. The van der Waals surface area contributed by atoms with Gasteiger partial charge in [0.1, 0.15) is 5.82 Å². The monoisotopic (exact) mass is 427 g/mol. The van der Waals surface area contributed by atoms with Crippen LogP contribution in [0.5, 0.6) is 0 Å². The highest BCUT2D eigenvalue weighted by Crippen LogP contribution is 2.30. The Bertz CT molecular complexity index is 1300. The first-order valence-corrected chi connectivity index (χ1v) is 10.9. The summed E-state index contributed by atoms with van der Waals surface area (Å²) in [5.74, 6) is 1.50. The highest BCUT2D eigenvalue weighted by molar-refractivity contribution is 6.58. The lowest BCUT2D eigenvalue weighted by atomic mass is 9.79. The van der Waals surface area contributed by atoms with Crippen LogP contribution in [0.25, 0.3) is 16.9 Å². The van der Waals surface area contributed by atoms with E-state index in [2.05, 4.69) is 35.0 Å². The highest BCUT2D eigenvalue weighted by atomic mass is 16.4. The molecule has 0 fully saturated rings. The van der Waals surface area contributed by atoms with Gasteiger partial charge >= 0.3 is 7.12 Å². The molecule has 5 rings (SSSR count). The molecule has 0 saturated heterocycles. The largest absolute Gasteiger partial charge is 0.488 e. The van der Waals surface area contributed by atoms with Gasteiger partial charge in [-0.25, -0.2) is 4.98 Å². The van der Waals surface area contributed by atoms with Crippen molar-refractivity contribution in [1.82, 2.24) is 14.5 Å². The number of hydrogen-bond acceptors (Lipinski definition) is 6. The Hall–Kier alpha value is -3.20. The lowest BCUT2D eigenvalue weighted by molar-refractivity contribution is 0.425. The zero-order valence-corrected chi connectivity index (χ0v) is 18.0. The van der Waals surface area contributed by atoms with Crippen molar-refractivity contribution < 1.29 is 10.0 Å². The molecule has 7 nitrogen and oxygen atoms in total. The maximum Gasteiger partial charge on any atom is 0.488 e. The summed E-state index contributed by atoms with van der Waals surface area (Å²) in [6.07, 6.45) is 2.96. The molecule has 0 aliphatic heterocycles. The molecule has 162 valence electrons. The zero-order valence-electron chi connectivity index (χ0n) is 18.0. The molecule has 0 spiro atoms. The van der Waals surface area contributed by atoms with Crippen LogP contribution in [0.1, 0.15) is 34.5 Å². The Balaban J connectivity index is 1.54. The normalized spacial score (nSPS) is 12.9. The molecule has 2 heterocycles. The molecule has 2 aromatic heterocycles. The maximum absolute atomic E-state index is 9.46. The van der Waals surface area contributed by atoms with Crippen LogP contribution in [0.2, 0.25) is 0 Å². The molecule has 2 aromatic carbocycles. The molecule has 0 amide bonds.